The Balaban J connectivity index is 2.15. The zero-order valence-electron chi connectivity index (χ0n) is 13.7. The summed E-state index contributed by atoms with van der Waals surface area (Å²) in [6.45, 7) is 0.318. The number of rotatable bonds is 5. The lowest BCUT2D eigenvalue weighted by molar-refractivity contribution is -0.137. The Morgan fingerprint density at radius 1 is 1.08 bits per heavy atom. The van der Waals surface area contributed by atoms with Crippen molar-refractivity contribution in [2.24, 2.45) is 0 Å². The number of alkyl halides is 3. The summed E-state index contributed by atoms with van der Waals surface area (Å²) >= 11 is 0. The van der Waals surface area contributed by atoms with Crippen molar-refractivity contribution in [1.82, 2.24) is 9.88 Å². The van der Waals surface area contributed by atoms with Crippen LogP contribution in [0.1, 0.15) is 17.2 Å². The highest BCUT2D eigenvalue weighted by molar-refractivity contribution is 5.81. The number of hydrogen-bond donors (Lipinski definition) is 2. The molecule has 6 heteroatoms. The molecule has 3 aromatic rings. The second-order valence-electron chi connectivity index (χ2n) is 5.97. The van der Waals surface area contributed by atoms with Crippen LogP contribution in [0, 0.1) is 0 Å². The lowest BCUT2D eigenvalue weighted by atomic mass is 10.0. The molecule has 0 aliphatic rings. The summed E-state index contributed by atoms with van der Waals surface area (Å²) in [4.78, 5) is 0. The first-order valence-corrected chi connectivity index (χ1v) is 7.97. The van der Waals surface area contributed by atoms with Crippen LogP contribution in [0.2, 0.25) is 0 Å². The molecular weight excluding hydrogens is 329 g/mol. The Morgan fingerprint density at radius 2 is 1.80 bits per heavy atom. The van der Waals surface area contributed by atoms with E-state index >= 15 is 0 Å². The van der Waals surface area contributed by atoms with Crippen molar-refractivity contribution >= 4 is 10.9 Å². The SMILES string of the molecule is CNCC(O)C(c1ccccc1)n1ccc2ccc(C(F)(F)F)cc21. The zero-order chi connectivity index (χ0) is 18.0. The number of aliphatic hydroxyl groups excluding tert-OH is 1. The molecule has 0 amide bonds. The van der Waals surface area contributed by atoms with Gasteiger partial charge in [-0.15, -0.1) is 0 Å². The molecule has 3 rings (SSSR count). The van der Waals surface area contributed by atoms with Crippen molar-refractivity contribution < 1.29 is 18.3 Å². The molecule has 0 spiro atoms. The van der Waals surface area contributed by atoms with Crippen LogP contribution in [0.5, 0.6) is 0 Å². The van der Waals surface area contributed by atoms with Crippen LogP contribution in [0.25, 0.3) is 10.9 Å². The fourth-order valence-corrected chi connectivity index (χ4v) is 3.11. The third kappa shape index (κ3) is 3.55. The first kappa shape index (κ1) is 17.5. The van der Waals surface area contributed by atoms with Crippen LogP contribution >= 0.6 is 0 Å². The minimum Gasteiger partial charge on any atom is -0.389 e. The summed E-state index contributed by atoms with van der Waals surface area (Å²) in [5, 5.41) is 14.2. The van der Waals surface area contributed by atoms with E-state index in [1.165, 1.54) is 6.07 Å². The lowest BCUT2D eigenvalue weighted by Crippen LogP contribution is -2.33. The topological polar surface area (TPSA) is 37.2 Å². The fourth-order valence-electron chi connectivity index (χ4n) is 3.11. The number of nitrogens with one attached hydrogen (secondary N) is 1. The quantitative estimate of drug-likeness (QED) is 0.735. The third-order valence-corrected chi connectivity index (χ3v) is 4.27. The van der Waals surface area contributed by atoms with E-state index < -0.39 is 23.9 Å². The molecule has 3 nitrogen and oxygen atoms in total. The van der Waals surface area contributed by atoms with Crippen molar-refractivity contribution in [3.63, 3.8) is 0 Å². The van der Waals surface area contributed by atoms with E-state index in [0.29, 0.717) is 17.4 Å². The Kier molecular flexibility index (Phi) is 4.83. The van der Waals surface area contributed by atoms with Gasteiger partial charge >= 0.3 is 6.18 Å². The minimum atomic E-state index is -4.41. The normalized spacial score (nSPS) is 14.6. The largest absolute Gasteiger partial charge is 0.416 e. The smallest absolute Gasteiger partial charge is 0.389 e. The molecule has 0 fully saturated rings. The minimum absolute atomic E-state index is 0.318. The average Bonchev–Trinajstić information content (AvgIpc) is 2.99. The molecule has 2 aromatic carbocycles. The summed E-state index contributed by atoms with van der Waals surface area (Å²) in [5.41, 5.74) is 0.578. The number of nitrogens with zero attached hydrogens (tertiary/aromatic N) is 1. The van der Waals surface area contributed by atoms with Gasteiger partial charge in [0.2, 0.25) is 0 Å². The van der Waals surface area contributed by atoms with E-state index in [0.717, 1.165) is 17.7 Å². The van der Waals surface area contributed by atoms with Gasteiger partial charge in [-0.2, -0.15) is 13.2 Å². The van der Waals surface area contributed by atoms with Gasteiger partial charge in [0.05, 0.1) is 17.7 Å². The molecule has 2 unspecified atom stereocenters. The molecule has 2 atom stereocenters. The van der Waals surface area contributed by atoms with Crippen LogP contribution < -0.4 is 5.32 Å². The molecule has 132 valence electrons. The number of halogens is 3. The third-order valence-electron chi connectivity index (χ3n) is 4.27. The van der Waals surface area contributed by atoms with Crippen LogP contribution in [0.4, 0.5) is 13.2 Å². The van der Waals surface area contributed by atoms with Gasteiger partial charge in [0.1, 0.15) is 0 Å². The zero-order valence-corrected chi connectivity index (χ0v) is 13.7. The molecule has 25 heavy (non-hydrogen) atoms. The van der Waals surface area contributed by atoms with Crippen molar-refractivity contribution in [2.75, 3.05) is 13.6 Å². The molecule has 0 saturated heterocycles. The summed E-state index contributed by atoms with van der Waals surface area (Å²) in [6.07, 6.45) is -3.48. The molecule has 0 aliphatic heterocycles. The average molecular weight is 348 g/mol. The maximum Gasteiger partial charge on any atom is 0.416 e. The van der Waals surface area contributed by atoms with Crippen LogP contribution in [0.3, 0.4) is 0 Å². The van der Waals surface area contributed by atoms with Gasteiger partial charge in [0.15, 0.2) is 0 Å². The Bertz CT molecular complexity index is 843. The Hall–Kier alpha value is -2.31. The van der Waals surface area contributed by atoms with Gasteiger partial charge in [0, 0.05) is 18.3 Å². The monoisotopic (exact) mass is 348 g/mol. The summed E-state index contributed by atoms with van der Waals surface area (Å²) in [6, 6.07) is 14.2. The maximum atomic E-state index is 13.1. The van der Waals surface area contributed by atoms with Gasteiger partial charge in [-0.1, -0.05) is 36.4 Å². The lowest BCUT2D eigenvalue weighted by Gasteiger charge is -2.26. The molecule has 0 aliphatic carbocycles. The van der Waals surface area contributed by atoms with Gasteiger partial charge in [-0.25, -0.2) is 0 Å². The molecule has 1 aromatic heterocycles. The number of hydrogen-bond acceptors (Lipinski definition) is 2. The van der Waals surface area contributed by atoms with Crippen LogP contribution in [0.15, 0.2) is 60.8 Å². The number of aromatic nitrogens is 1. The van der Waals surface area contributed by atoms with Crippen molar-refractivity contribution in [2.45, 2.75) is 18.3 Å². The first-order chi connectivity index (χ1) is 11.9. The van der Waals surface area contributed by atoms with Gasteiger partial charge in [-0.05, 0) is 36.2 Å². The highest BCUT2D eigenvalue weighted by atomic mass is 19.4. The summed E-state index contributed by atoms with van der Waals surface area (Å²) < 4.78 is 41.0. The Morgan fingerprint density at radius 3 is 2.44 bits per heavy atom. The highest BCUT2D eigenvalue weighted by Gasteiger charge is 2.31. The number of benzene rings is 2. The van der Waals surface area contributed by atoms with E-state index in [9.17, 15) is 18.3 Å². The number of fused-ring (bicyclic) bond motifs is 1. The summed E-state index contributed by atoms with van der Waals surface area (Å²) in [5.74, 6) is 0. The molecule has 2 N–H and O–H groups in total. The van der Waals surface area contributed by atoms with Crippen molar-refractivity contribution in [3.05, 3.63) is 71.9 Å². The maximum absolute atomic E-state index is 13.1. The molecular formula is C19H19F3N2O. The van der Waals surface area contributed by atoms with Gasteiger partial charge in [-0.3, -0.25) is 0 Å². The highest BCUT2D eigenvalue weighted by Crippen LogP contribution is 2.34. The van der Waals surface area contributed by atoms with Gasteiger partial charge in [0.25, 0.3) is 0 Å². The number of likely N-dealkylation sites (N-methyl/N-ethyl adjacent to an activating group) is 1. The van der Waals surface area contributed by atoms with E-state index in [2.05, 4.69) is 5.32 Å². The Labute approximate surface area is 143 Å². The second kappa shape index (κ2) is 6.90. The standard InChI is InChI=1S/C19H19F3N2O/c1-23-12-17(25)18(14-5-3-2-4-6-14)24-10-9-13-7-8-15(11-16(13)24)19(20,21)22/h2-11,17-18,23,25H,12H2,1H3. The first-order valence-electron chi connectivity index (χ1n) is 7.97. The van der Waals surface area contributed by atoms with E-state index in [1.54, 1.807) is 23.9 Å². The second-order valence-corrected chi connectivity index (χ2v) is 5.97. The summed E-state index contributed by atoms with van der Waals surface area (Å²) in [7, 11) is 1.72. The molecule has 0 radical (unpaired) electrons. The fraction of sp³-hybridized carbons (Fsp3) is 0.263. The van der Waals surface area contributed by atoms with Crippen LogP contribution in [-0.2, 0) is 6.18 Å². The van der Waals surface area contributed by atoms with E-state index in [4.69, 9.17) is 0 Å². The van der Waals surface area contributed by atoms with E-state index in [1.807, 2.05) is 30.3 Å². The van der Waals surface area contributed by atoms with E-state index in [-0.39, 0.29) is 0 Å². The molecule has 0 bridgehead atoms. The van der Waals surface area contributed by atoms with Crippen molar-refractivity contribution in [1.29, 1.82) is 0 Å². The predicted octanol–water partition coefficient (Wildman–Crippen LogP) is 3.83. The van der Waals surface area contributed by atoms with Crippen molar-refractivity contribution in [3.8, 4) is 0 Å². The van der Waals surface area contributed by atoms with Gasteiger partial charge < -0.3 is 15.0 Å². The predicted molar refractivity (Wildman–Crippen MR) is 91.5 cm³/mol. The molecule has 1 heterocycles. The van der Waals surface area contributed by atoms with Crippen LogP contribution in [-0.4, -0.2) is 29.4 Å². The molecule has 0 saturated carbocycles. The number of aliphatic hydroxyl groups is 1.